The highest BCUT2D eigenvalue weighted by Gasteiger charge is 2.29. The Hall–Kier alpha value is -0.530. The van der Waals surface area contributed by atoms with E-state index in [1.54, 1.807) is 0 Å². The molecule has 0 heterocycles. The average Bonchev–Trinajstić information content (AvgIpc) is 2.03. The minimum atomic E-state index is -0.409. The fourth-order valence-electron chi connectivity index (χ4n) is 1.07. The molecule has 3 heteroatoms. The molecule has 0 fully saturated rings. The van der Waals surface area contributed by atoms with E-state index in [0.717, 1.165) is 6.42 Å². The summed E-state index contributed by atoms with van der Waals surface area (Å²) in [7, 11) is 0. The van der Waals surface area contributed by atoms with Gasteiger partial charge in [0.25, 0.3) is 0 Å². The second-order valence-corrected chi connectivity index (χ2v) is 3.98. The number of carbonyl (C=O) groups is 1. The molecule has 0 aromatic rings. The number of rotatable bonds is 5. The number of nitrogens with zero attached hydrogens (tertiary/aromatic N) is 1. The largest absolute Gasteiger partial charge is 0.299 e. The number of hydrogen-bond donors (Lipinski definition) is 0. The Morgan fingerprint density at radius 1 is 1.62 bits per heavy atom. The minimum Gasteiger partial charge on any atom is -0.299 e. The van der Waals surface area contributed by atoms with E-state index in [4.69, 9.17) is 0 Å². The molecule has 1 atom stereocenters. The number of ketones is 1. The van der Waals surface area contributed by atoms with E-state index in [0.29, 0.717) is 6.42 Å². The van der Waals surface area contributed by atoms with Gasteiger partial charge in [0, 0.05) is 12.3 Å². The van der Waals surface area contributed by atoms with Crippen molar-refractivity contribution >= 4 is 23.2 Å². The summed E-state index contributed by atoms with van der Waals surface area (Å²) in [6.07, 6.45) is 1.51. The van der Waals surface area contributed by atoms with Crippen LogP contribution in [0.1, 0.15) is 40.5 Å². The average molecular weight is 199 g/mol. The van der Waals surface area contributed by atoms with Gasteiger partial charge in [0.1, 0.15) is 5.78 Å². The first-order valence-corrected chi connectivity index (χ1v) is 4.98. The van der Waals surface area contributed by atoms with Crippen LogP contribution in [0.25, 0.3) is 0 Å². The Kier molecular flexibility index (Phi) is 5.04. The maximum atomic E-state index is 11.5. The van der Waals surface area contributed by atoms with Crippen LogP contribution in [0.5, 0.6) is 0 Å². The molecule has 0 aliphatic rings. The first-order valence-electron chi connectivity index (χ1n) is 4.57. The standard InChI is InChI=1S/C10H17NOS/c1-5-6-9(12)8(2)10(3,4)11-7-13/h8H,5-6H2,1-4H3. The van der Waals surface area contributed by atoms with Gasteiger partial charge in [-0.05, 0) is 32.5 Å². The summed E-state index contributed by atoms with van der Waals surface area (Å²) < 4.78 is 0. The fourth-order valence-corrected chi connectivity index (χ4v) is 1.31. The van der Waals surface area contributed by atoms with Gasteiger partial charge >= 0.3 is 0 Å². The molecule has 0 saturated carbocycles. The van der Waals surface area contributed by atoms with Crippen LogP contribution in [0.3, 0.4) is 0 Å². The molecule has 0 spiro atoms. The van der Waals surface area contributed by atoms with Crippen molar-refractivity contribution in [2.45, 2.75) is 46.1 Å². The molecule has 0 aliphatic carbocycles. The molecular weight excluding hydrogens is 182 g/mol. The zero-order valence-corrected chi connectivity index (χ0v) is 9.57. The molecule has 0 bridgehead atoms. The monoisotopic (exact) mass is 199 g/mol. The smallest absolute Gasteiger partial charge is 0.138 e. The van der Waals surface area contributed by atoms with Gasteiger partial charge in [-0.25, -0.2) is 4.99 Å². The van der Waals surface area contributed by atoms with Crippen LogP contribution in [0.15, 0.2) is 4.99 Å². The molecule has 0 radical (unpaired) electrons. The molecule has 0 aromatic heterocycles. The topological polar surface area (TPSA) is 29.4 Å². The molecule has 1 unspecified atom stereocenters. The molecule has 0 saturated heterocycles. The maximum absolute atomic E-state index is 11.5. The molecular formula is C10H17NOS. The Bertz CT molecular complexity index is 229. The predicted molar refractivity (Wildman–Crippen MR) is 58.2 cm³/mol. The highest BCUT2D eigenvalue weighted by molar-refractivity contribution is 7.78. The highest BCUT2D eigenvalue weighted by Crippen LogP contribution is 2.22. The van der Waals surface area contributed by atoms with Crippen LogP contribution in [0.4, 0.5) is 0 Å². The van der Waals surface area contributed by atoms with Crippen molar-refractivity contribution in [3.63, 3.8) is 0 Å². The lowest BCUT2D eigenvalue weighted by molar-refractivity contribution is -0.123. The van der Waals surface area contributed by atoms with Crippen LogP contribution < -0.4 is 0 Å². The van der Waals surface area contributed by atoms with E-state index in [-0.39, 0.29) is 11.7 Å². The summed E-state index contributed by atoms with van der Waals surface area (Å²) in [6, 6.07) is 0. The van der Waals surface area contributed by atoms with Crippen LogP contribution in [0, 0.1) is 5.92 Å². The summed E-state index contributed by atoms with van der Waals surface area (Å²) in [5, 5.41) is 2.34. The van der Waals surface area contributed by atoms with E-state index >= 15 is 0 Å². The molecule has 0 N–H and O–H groups in total. The van der Waals surface area contributed by atoms with Gasteiger partial charge in [-0.2, -0.15) is 0 Å². The molecule has 2 nitrogen and oxygen atoms in total. The van der Waals surface area contributed by atoms with Crippen molar-refractivity contribution in [1.29, 1.82) is 0 Å². The quantitative estimate of drug-likeness (QED) is 0.503. The SMILES string of the molecule is CCCC(=O)C(C)C(C)(C)N=C=S. The molecule has 13 heavy (non-hydrogen) atoms. The Labute approximate surface area is 85.4 Å². The van der Waals surface area contributed by atoms with Crippen LogP contribution in [-0.2, 0) is 4.79 Å². The number of isothiocyanates is 1. The number of aliphatic imine (C=N–C) groups is 1. The second kappa shape index (κ2) is 5.25. The van der Waals surface area contributed by atoms with E-state index in [2.05, 4.69) is 22.4 Å². The van der Waals surface area contributed by atoms with E-state index in [1.807, 2.05) is 27.7 Å². The van der Waals surface area contributed by atoms with Gasteiger partial charge in [0.15, 0.2) is 0 Å². The van der Waals surface area contributed by atoms with E-state index < -0.39 is 5.54 Å². The Morgan fingerprint density at radius 2 is 2.15 bits per heavy atom. The third-order valence-corrected chi connectivity index (χ3v) is 2.46. The first kappa shape index (κ1) is 12.5. The lowest BCUT2D eigenvalue weighted by atomic mass is 9.85. The summed E-state index contributed by atoms with van der Waals surface area (Å²) in [5.74, 6) is 0.171. The zero-order valence-electron chi connectivity index (χ0n) is 8.76. The van der Waals surface area contributed by atoms with Gasteiger partial charge in [0.2, 0.25) is 0 Å². The van der Waals surface area contributed by atoms with Crippen molar-refractivity contribution in [1.82, 2.24) is 0 Å². The molecule has 0 aromatic carbocycles. The van der Waals surface area contributed by atoms with Crippen LogP contribution in [-0.4, -0.2) is 16.5 Å². The van der Waals surface area contributed by atoms with Gasteiger partial charge in [0.05, 0.1) is 10.7 Å². The third kappa shape index (κ3) is 3.79. The Morgan fingerprint density at radius 3 is 2.54 bits per heavy atom. The minimum absolute atomic E-state index is 0.0806. The number of Topliss-reactive ketones (excluding diaryl/α,β-unsaturated/α-hetero) is 1. The predicted octanol–water partition coefficient (Wildman–Crippen LogP) is 2.87. The second-order valence-electron chi connectivity index (χ2n) is 3.79. The van der Waals surface area contributed by atoms with Crippen molar-refractivity contribution < 1.29 is 4.79 Å². The summed E-state index contributed by atoms with van der Waals surface area (Å²) in [6.45, 7) is 7.71. The number of thiocarbonyl (C=S) groups is 1. The third-order valence-electron chi connectivity index (χ3n) is 2.37. The lowest BCUT2D eigenvalue weighted by Crippen LogP contribution is -2.32. The van der Waals surface area contributed by atoms with Gasteiger partial charge in [-0.3, -0.25) is 4.79 Å². The maximum Gasteiger partial charge on any atom is 0.138 e. The normalized spacial score (nSPS) is 13.2. The van der Waals surface area contributed by atoms with Gasteiger partial charge in [-0.1, -0.05) is 13.8 Å². The highest BCUT2D eigenvalue weighted by atomic mass is 32.1. The summed E-state index contributed by atoms with van der Waals surface area (Å²) in [5.41, 5.74) is -0.409. The molecule has 0 aliphatic heterocycles. The van der Waals surface area contributed by atoms with E-state index in [9.17, 15) is 4.79 Å². The van der Waals surface area contributed by atoms with Crippen molar-refractivity contribution in [2.75, 3.05) is 0 Å². The summed E-state index contributed by atoms with van der Waals surface area (Å²) >= 11 is 4.54. The van der Waals surface area contributed by atoms with Gasteiger partial charge in [-0.15, -0.1) is 0 Å². The summed E-state index contributed by atoms with van der Waals surface area (Å²) in [4.78, 5) is 15.5. The fraction of sp³-hybridized carbons (Fsp3) is 0.800. The lowest BCUT2D eigenvalue weighted by Gasteiger charge is -2.24. The van der Waals surface area contributed by atoms with Crippen molar-refractivity contribution in [3.05, 3.63) is 0 Å². The van der Waals surface area contributed by atoms with Crippen molar-refractivity contribution in [2.24, 2.45) is 10.9 Å². The molecule has 0 rings (SSSR count). The number of hydrogen-bond acceptors (Lipinski definition) is 3. The van der Waals surface area contributed by atoms with Crippen LogP contribution in [0.2, 0.25) is 0 Å². The Balaban J connectivity index is 4.47. The van der Waals surface area contributed by atoms with Gasteiger partial charge < -0.3 is 0 Å². The van der Waals surface area contributed by atoms with Crippen LogP contribution >= 0.6 is 12.2 Å². The molecule has 0 amide bonds. The zero-order chi connectivity index (χ0) is 10.5. The number of carbonyl (C=O) groups excluding carboxylic acids is 1. The van der Waals surface area contributed by atoms with Crippen molar-refractivity contribution in [3.8, 4) is 0 Å². The van der Waals surface area contributed by atoms with E-state index in [1.165, 1.54) is 0 Å². The first-order chi connectivity index (χ1) is 5.95. The molecule has 74 valence electrons.